The third-order valence-corrected chi connectivity index (χ3v) is 5.76. The molecule has 0 aromatic carbocycles. The van der Waals surface area contributed by atoms with Gasteiger partial charge in [0.25, 0.3) is 0 Å². The number of hydrogen-bond donors (Lipinski definition) is 0. The second kappa shape index (κ2) is 5.70. The Hall–Kier alpha value is -2.21. The van der Waals surface area contributed by atoms with E-state index in [9.17, 15) is 4.79 Å². The molecule has 4 rings (SSSR count). The van der Waals surface area contributed by atoms with E-state index in [4.69, 9.17) is 0 Å². The first-order valence-corrected chi connectivity index (χ1v) is 9.11. The lowest BCUT2D eigenvalue weighted by Gasteiger charge is -2.35. The number of fused-ring (bicyclic) bond motifs is 1. The van der Waals surface area contributed by atoms with Crippen LogP contribution in [0, 0.1) is 6.92 Å². The molecule has 124 valence electrons. The topological polar surface area (TPSA) is 50.5 Å². The molecule has 24 heavy (non-hydrogen) atoms. The number of hydrogen-bond acceptors (Lipinski definition) is 4. The van der Waals surface area contributed by atoms with E-state index in [1.807, 2.05) is 52.2 Å². The minimum absolute atomic E-state index is 0.186. The molecule has 1 saturated heterocycles. The van der Waals surface area contributed by atoms with Crippen molar-refractivity contribution >= 4 is 22.9 Å². The van der Waals surface area contributed by atoms with Gasteiger partial charge in [0.1, 0.15) is 0 Å². The van der Waals surface area contributed by atoms with Crippen molar-refractivity contribution < 1.29 is 4.79 Å². The Balaban J connectivity index is 1.72. The monoisotopic (exact) mass is 340 g/mol. The molecular weight excluding hydrogens is 320 g/mol. The maximum Gasteiger partial charge on any atom is 0.228 e. The fourth-order valence-corrected chi connectivity index (χ4v) is 4.40. The molecule has 1 atom stereocenters. The van der Waals surface area contributed by atoms with Crippen molar-refractivity contribution in [1.29, 1.82) is 0 Å². The molecule has 1 fully saturated rings. The Kier molecular flexibility index (Phi) is 3.64. The van der Waals surface area contributed by atoms with Crippen molar-refractivity contribution in [3.05, 3.63) is 52.1 Å². The summed E-state index contributed by atoms with van der Waals surface area (Å²) in [6, 6.07) is 7.99. The molecule has 1 aliphatic heterocycles. The fourth-order valence-electron chi connectivity index (χ4n) is 3.70. The van der Waals surface area contributed by atoms with E-state index in [2.05, 4.69) is 17.0 Å². The second-order valence-corrected chi connectivity index (χ2v) is 7.60. The van der Waals surface area contributed by atoms with E-state index >= 15 is 0 Å². The first kappa shape index (κ1) is 15.3. The lowest BCUT2D eigenvalue weighted by atomic mass is 9.93. The lowest BCUT2D eigenvalue weighted by molar-refractivity contribution is -0.134. The van der Waals surface area contributed by atoms with Crippen molar-refractivity contribution in [2.75, 3.05) is 6.54 Å². The minimum Gasteiger partial charge on any atom is -0.331 e. The molecule has 3 aromatic heterocycles. The number of rotatable bonds is 3. The van der Waals surface area contributed by atoms with Gasteiger partial charge >= 0.3 is 0 Å². The van der Waals surface area contributed by atoms with Crippen molar-refractivity contribution in [3.8, 4) is 0 Å². The third-order valence-electron chi connectivity index (χ3n) is 4.88. The predicted molar refractivity (Wildman–Crippen MR) is 94.0 cm³/mol. The van der Waals surface area contributed by atoms with Crippen LogP contribution in [0.4, 0.5) is 0 Å². The second-order valence-electron chi connectivity index (χ2n) is 6.56. The van der Waals surface area contributed by atoms with Crippen LogP contribution in [0.5, 0.6) is 0 Å². The van der Waals surface area contributed by atoms with Gasteiger partial charge in [0.15, 0.2) is 5.65 Å². The number of likely N-dealkylation sites (tertiary alicyclic amines) is 1. The zero-order valence-electron chi connectivity index (χ0n) is 13.9. The smallest absolute Gasteiger partial charge is 0.228 e. The summed E-state index contributed by atoms with van der Waals surface area (Å²) in [4.78, 5) is 20.5. The number of aromatic nitrogens is 3. The SMILES string of the molecule is Cc1cc2nccc(C3(C)CCCN3C(=O)Cc3cccs3)n2n1. The Morgan fingerprint density at radius 2 is 2.29 bits per heavy atom. The Bertz CT molecular complexity index is 886. The van der Waals surface area contributed by atoms with E-state index < -0.39 is 0 Å². The predicted octanol–water partition coefficient (Wildman–Crippen LogP) is 3.18. The Morgan fingerprint density at radius 1 is 1.42 bits per heavy atom. The van der Waals surface area contributed by atoms with E-state index in [1.165, 1.54) is 0 Å². The summed E-state index contributed by atoms with van der Waals surface area (Å²) in [7, 11) is 0. The maximum absolute atomic E-state index is 12.9. The number of carbonyl (C=O) groups excluding carboxylic acids is 1. The summed E-state index contributed by atoms with van der Waals surface area (Å²) in [6.07, 6.45) is 4.24. The first-order valence-electron chi connectivity index (χ1n) is 8.23. The fraction of sp³-hybridized carbons (Fsp3) is 0.389. The van der Waals surface area contributed by atoms with Gasteiger partial charge in [-0.3, -0.25) is 4.79 Å². The highest BCUT2D eigenvalue weighted by molar-refractivity contribution is 7.10. The van der Waals surface area contributed by atoms with Crippen molar-refractivity contribution in [2.45, 2.75) is 38.6 Å². The molecule has 1 aliphatic rings. The average Bonchev–Trinajstić information content (AvgIpc) is 3.25. The highest BCUT2D eigenvalue weighted by Gasteiger charge is 2.42. The number of thiophene rings is 1. The molecular formula is C18H20N4OS. The van der Waals surface area contributed by atoms with Crippen LogP contribution < -0.4 is 0 Å². The molecule has 5 nitrogen and oxygen atoms in total. The summed E-state index contributed by atoms with van der Waals surface area (Å²) in [5.74, 6) is 0.186. The van der Waals surface area contributed by atoms with Crippen LogP contribution in [0.15, 0.2) is 35.8 Å². The lowest BCUT2D eigenvalue weighted by Crippen LogP contribution is -2.44. The Morgan fingerprint density at radius 3 is 3.08 bits per heavy atom. The van der Waals surface area contributed by atoms with Crippen molar-refractivity contribution in [1.82, 2.24) is 19.5 Å². The molecule has 3 aromatic rings. The van der Waals surface area contributed by atoms with E-state index in [-0.39, 0.29) is 11.4 Å². The quantitative estimate of drug-likeness (QED) is 0.736. The van der Waals surface area contributed by atoms with Gasteiger partial charge in [-0.1, -0.05) is 6.07 Å². The average molecular weight is 340 g/mol. The van der Waals surface area contributed by atoms with E-state index in [0.717, 1.165) is 41.3 Å². The van der Waals surface area contributed by atoms with Gasteiger partial charge in [-0.05, 0) is 44.2 Å². The third kappa shape index (κ3) is 2.41. The Labute approximate surface area is 144 Å². The molecule has 0 saturated carbocycles. The molecule has 0 N–H and O–H groups in total. The summed E-state index contributed by atoms with van der Waals surface area (Å²) < 4.78 is 1.89. The number of nitrogens with zero attached hydrogens (tertiary/aromatic N) is 4. The molecule has 0 bridgehead atoms. The van der Waals surface area contributed by atoms with Crippen molar-refractivity contribution in [2.24, 2.45) is 0 Å². The first-order chi connectivity index (χ1) is 11.6. The van der Waals surface area contributed by atoms with Gasteiger partial charge in [0.2, 0.25) is 5.91 Å². The molecule has 4 heterocycles. The van der Waals surface area contributed by atoms with Crippen LogP contribution >= 0.6 is 11.3 Å². The number of aryl methyl sites for hydroxylation is 1. The van der Waals surface area contributed by atoms with Crippen molar-refractivity contribution in [3.63, 3.8) is 0 Å². The summed E-state index contributed by atoms with van der Waals surface area (Å²) in [5, 5.41) is 6.61. The largest absolute Gasteiger partial charge is 0.331 e. The van der Waals surface area contributed by atoms with Crippen LogP contribution in [-0.2, 0) is 16.8 Å². The normalized spacial score (nSPS) is 20.8. The van der Waals surface area contributed by atoms with Crippen LogP contribution in [0.2, 0.25) is 0 Å². The van der Waals surface area contributed by atoms with Crippen LogP contribution in [0.3, 0.4) is 0 Å². The molecule has 0 radical (unpaired) electrons. The van der Waals surface area contributed by atoms with E-state index in [0.29, 0.717) is 6.42 Å². The summed E-state index contributed by atoms with van der Waals surface area (Å²) >= 11 is 1.64. The van der Waals surface area contributed by atoms with Crippen LogP contribution in [-0.4, -0.2) is 31.9 Å². The number of carbonyl (C=O) groups is 1. The molecule has 0 spiro atoms. The highest BCUT2D eigenvalue weighted by atomic mass is 32.1. The van der Waals surface area contributed by atoms with Gasteiger partial charge in [-0.2, -0.15) is 5.10 Å². The van der Waals surface area contributed by atoms with Gasteiger partial charge in [-0.25, -0.2) is 9.50 Å². The zero-order chi connectivity index (χ0) is 16.7. The zero-order valence-corrected chi connectivity index (χ0v) is 14.7. The van der Waals surface area contributed by atoms with Gasteiger partial charge < -0.3 is 4.90 Å². The molecule has 0 aliphatic carbocycles. The van der Waals surface area contributed by atoms with Gasteiger partial charge in [0.05, 0.1) is 23.3 Å². The highest BCUT2D eigenvalue weighted by Crippen LogP contribution is 2.38. The minimum atomic E-state index is -0.339. The molecule has 1 unspecified atom stereocenters. The molecule has 6 heteroatoms. The maximum atomic E-state index is 12.9. The standard InChI is InChI=1S/C18H20N4OS/c1-13-11-16-19-8-6-15(22(16)20-13)18(2)7-4-9-21(18)17(23)12-14-5-3-10-24-14/h3,5-6,8,10-11H,4,7,9,12H2,1-2H3. The summed E-state index contributed by atoms with van der Waals surface area (Å²) in [5.41, 5.74) is 2.47. The van der Waals surface area contributed by atoms with Crippen LogP contribution in [0.1, 0.15) is 36.0 Å². The van der Waals surface area contributed by atoms with E-state index in [1.54, 1.807) is 11.3 Å². The van der Waals surface area contributed by atoms with Gasteiger partial charge in [-0.15, -0.1) is 11.3 Å². The van der Waals surface area contributed by atoms with Gasteiger partial charge in [0, 0.05) is 23.7 Å². The number of amides is 1. The molecule has 1 amide bonds. The van der Waals surface area contributed by atoms with Crippen LogP contribution in [0.25, 0.3) is 5.65 Å². The summed E-state index contributed by atoms with van der Waals surface area (Å²) in [6.45, 7) is 4.91.